The molecule has 0 saturated carbocycles. The van der Waals surface area contributed by atoms with Crippen molar-refractivity contribution >= 4 is 11.8 Å². The Hall–Kier alpha value is -2.98. The predicted octanol–water partition coefficient (Wildman–Crippen LogP) is 5.17. The third-order valence-corrected chi connectivity index (χ3v) is 5.43. The second-order valence-electron chi connectivity index (χ2n) is 6.77. The summed E-state index contributed by atoms with van der Waals surface area (Å²) in [5, 5.41) is 18.9. The Kier molecular flexibility index (Phi) is 6.78. The van der Waals surface area contributed by atoms with E-state index in [-0.39, 0.29) is 12.1 Å². The van der Waals surface area contributed by atoms with Gasteiger partial charge in [0.2, 0.25) is 0 Å². The minimum atomic E-state index is -0.304. The number of nitrogens with zero attached hydrogens (tertiary/aromatic N) is 4. The number of hydrogen-bond donors (Lipinski definition) is 0. The molecule has 1 atom stereocenters. The zero-order valence-electron chi connectivity index (χ0n) is 17.0. The van der Waals surface area contributed by atoms with Gasteiger partial charge in [0.15, 0.2) is 28.6 Å². The number of rotatable bonds is 8. The summed E-state index contributed by atoms with van der Waals surface area (Å²) in [5.74, 6) is 2.74. The normalized spacial score (nSPS) is 11.9. The number of thioether (sulfide) groups is 1. The Labute approximate surface area is 175 Å². The fourth-order valence-electron chi connectivity index (χ4n) is 3.01. The van der Waals surface area contributed by atoms with Gasteiger partial charge in [-0.3, -0.25) is 0 Å². The molecule has 0 bridgehead atoms. The van der Waals surface area contributed by atoms with Gasteiger partial charge in [0.05, 0.1) is 18.7 Å². The SMILES string of the molecule is COc1ccccc1OC(C)c1nnc(SCc2ccccc2C#N)n1C(C)C. The van der Waals surface area contributed by atoms with Crippen molar-refractivity contribution in [3.8, 4) is 17.6 Å². The lowest BCUT2D eigenvalue weighted by atomic mass is 10.1. The van der Waals surface area contributed by atoms with E-state index in [4.69, 9.17) is 9.47 Å². The van der Waals surface area contributed by atoms with Crippen molar-refractivity contribution in [1.29, 1.82) is 5.26 Å². The lowest BCUT2D eigenvalue weighted by Crippen LogP contribution is -2.14. The summed E-state index contributed by atoms with van der Waals surface area (Å²) in [6.45, 7) is 6.14. The monoisotopic (exact) mass is 408 g/mol. The summed E-state index contributed by atoms with van der Waals surface area (Å²) in [5.41, 5.74) is 1.67. The Balaban J connectivity index is 1.82. The fourth-order valence-corrected chi connectivity index (χ4v) is 4.08. The number of hydrogen-bond acceptors (Lipinski definition) is 6. The van der Waals surface area contributed by atoms with E-state index >= 15 is 0 Å². The number of aromatic nitrogens is 3. The van der Waals surface area contributed by atoms with Crippen LogP contribution in [0.15, 0.2) is 53.7 Å². The first kappa shape index (κ1) is 20.7. The molecule has 0 aliphatic rings. The molecular weight excluding hydrogens is 384 g/mol. The maximum atomic E-state index is 9.30. The molecule has 0 aliphatic carbocycles. The van der Waals surface area contributed by atoms with Crippen LogP contribution in [-0.4, -0.2) is 21.9 Å². The summed E-state index contributed by atoms with van der Waals surface area (Å²) in [7, 11) is 1.62. The molecule has 3 aromatic rings. The van der Waals surface area contributed by atoms with Crippen LogP contribution in [0.1, 0.15) is 49.9 Å². The van der Waals surface area contributed by atoms with Crippen LogP contribution < -0.4 is 9.47 Å². The number of nitriles is 1. The first-order valence-corrected chi connectivity index (χ1v) is 10.4. The van der Waals surface area contributed by atoms with Gasteiger partial charge in [0.25, 0.3) is 0 Å². The van der Waals surface area contributed by atoms with Gasteiger partial charge in [-0.2, -0.15) is 5.26 Å². The average Bonchev–Trinajstić information content (AvgIpc) is 3.17. The van der Waals surface area contributed by atoms with E-state index in [9.17, 15) is 5.26 Å². The Morgan fingerprint density at radius 2 is 1.72 bits per heavy atom. The van der Waals surface area contributed by atoms with E-state index in [0.29, 0.717) is 22.8 Å². The van der Waals surface area contributed by atoms with E-state index in [0.717, 1.165) is 16.5 Å². The van der Waals surface area contributed by atoms with E-state index in [1.54, 1.807) is 18.9 Å². The maximum absolute atomic E-state index is 9.30. The van der Waals surface area contributed by atoms with E-state index in [1.807, 2.05) is 55.5 Å². The molecule has 0 radical (unpaired) electrons. The van der Waals surface area contributed by atoms with Crippen molar-refractivity contribution < 1.29 is 9.47 Å². The molecule has 29 heavy (non-hydrogen) atoms. The molecule has 0 N–H and O–H groups in total. The smallest absolute Gasteiger partial charge is 0.191 e. The molecule has 1 unspecified atom stereocenters. The second kappa shape index (κ2) is 9.48. The van der Waals surface area contributed by atoms with Gasteiger partial charge in [-0.1, -0.05) is 42.1 Å². The molecule has 0 fully saturated rings. The predicted molar refractivity (Wildman–Crippen MR) is 113 cm³/mol. The van der Waals surface area contributed by atoms with Crippen LogP contribution in [0.4, 0.5) is 0 Å². The molecular formula is C22H24N4O2S. The summed E-state index contributed by atoms with van der Waals surface area (Å²) in [6, 6.07) is 17.6. The number of ether oxygens (including phenoxy) is 2. The van der Waals surface area contributed by atoms with Crippen LogP contribution in [0.25, 0.3) is 0 Å². The third kappa shape index (κ3) is 4.72. The highest BCUT2D eigenvalue weighted by atomic mass is 32.2. The lowest BCUT2D eigenvalue weighted by molar-refractivity contribution is 0.198. The summed E-state index contributed by atoms with van der Waals surface area (Å²) in [6.07, 6.45) is -0.304. The van der Waals surface area contributed by atoms with Crippen molar-refractivity contribution in [2.45, 2.75) is 43.8 Å². The number of para-hydroxylation sites is 2. The minimum absolute atomic E-state index is 0.164. The largest absolute Gasteiger partial charge is 0.493 e. The van der Waals surface area contributed by atoms with E-state index in [1.165, 1.54) is 0 Å². The highest BCUT2D eigenvalue weighted by Gasteiger charge is 2.22. The van der Waals surface area contributed by atoms with Crippen molar-refractivity contribution in [2.75, 3.05) is 7.11 Å². The van der Waals surface area contributed by atoms with Crippen LogP contribution in [0.3, 0.4) is 0 Å². The quantitative estimate of drug-likeness (QED) is 0.479. The van der Waals surface area contributed by atoms with Gasteiger partial charge in [0.1, 0.15) is 0 Å². The highest BCUT2D eigenvalue weighted by molar-refractivity contribution is 7.98. The first-order valence-electron chi connectivity index (χ1n) is 9.40. The molecule has 0 aliphatic heterocycles. The van der Waals surface area contributed by atoms with Crippen molar-refractivity contribution in [1.82, 2.24) is 14.8 Å². The molecule has 0 spiro atoms. The Morgan fingerprint density at radius 3 is 2.41 bits per heavy atom. The molecule has 150 valence electrons. The molecule has 6 nitrogen and oxygen atoms in total. The zero-order chi connectivity index (χ0) is 20.8. The lowest BCUT2D eigenvalue weighted by Gasteiger charge is -2.19. The van der Waals surface area contributed by atoms with Gasteiger partial charge in [-0.15, -0.1) is 10.2 Å². The fraction of sp³-hybridized carbons (Fsp3) is 0.318. The highest BCUT2D eigenvalue weighted by Crippen LogP contribution is 2.33. The third-order valence-electron chi connectivity index (χ3n) is 4.44. The van der Waals surface area contributed by atoms with Gasteiger partial charge in [-0.05, 0) is 44.5 Å². The van der Waals surface area contributed by atoms with Gasteiger partial charge >= 0.3 is 0 Å². The summed E-state index contributed by atoms with van der Waals surface area (Å²) in [4.78, 5) is 0. The number of methoxy groups -OCH3 is 1. The van der Waals surface area contributed by atoms with Gasteiger partial charge in [0, 0.05) is 11.8 Å². The summed E-state index contributed by atoms with van der Waals surface area (Å²) < 4.78 is 13.6. The first-order chi connectivity index (χ1) is 14.0. The molecule has 0 amide bonds. The minimum Gasteiger partial charge on any atom is -0.493 e. The standard InChI is InChI=1S/C22H24N4O2S/c1-15(2)26-21(16(3)28-20-12-8-7-11-19(20)27-4)24-25-22(26)29-14-18-10-6-5-9-17(18)13-23/h5-12,15-16H,14H2,1-4H3. The van der Waals surface area contributed by atoms with Crippen LogP contribution in [-0.2, 0) is 5.75 Å². The molecule has 2 aromatic carbocycles. The molecule has 7 heteroatoms. The average molecular weight is 409 g/mol. The van der Waals surface area contributed by atoms with Crippen LogP contribution in [0.2, 0.25) is 0 Å². The number of benzene rings is 2. The van der Waals surface area contributed by atoms with Crippen LogP contribution >= 0.6 is 11.8 Å². The van der Waals surface area contributed by atoms with Crippen molar-refractivity contribution in [3.63, 3.8) is 0 Å². The van der Waals surface area contributed by atoms with Crippen LogP contribution in [0, 0.1) is 11.3 Å². The van der Waals surface area contributed by atoms with Gasteiger partial charge in [-0.25, -0.2) is 0 Å². The topological polar surface area (TPSA) is 73.0 Å². The molecule has 3 rings (SSSR count). The van der Waals surface area contributed by atoms with Crippen LogP contribution in [0.5, 0.6) is 11.5 Å². The van der Waals surface area contributed by atoms with Crippen molar-refractivity contribution in [3.05, 3.63) is 65.5 Å². The second-order valence-corrected chi connectivity index (χ2v) is 7.72. The molecule has 1 aromatic heterocycles. The summed E-state index contributed by atoms with van der Waals surface area (Å²) >= 11 is 1.57. The van der Waals surface area contributed by atoms with Crippen molar-refractivity contribution in [2.24, 2.45) is 0 Å². The maximum Gasteiger partial charge on any atom is 0.191 e. The Morgan fingerprint density at radius 1 is 1.03 bits per heavy atom. The molecule has 1 heterocycles. The van der Waals surface area contributed by atoms with E-state index < -0.39 is 0 Å². The molecule has 0 saturated heterocycles. The zero-order valence-corrected chi connectivity index (χ0v) is 17.8. The Bertz CT molecular complexity index is 1010. The van der Waals surface area contributed by atoms with E-state index in [2.05, 4.69) is 34.7 Å². The van der Waals surface area contributed by atoms with Gasteiger partial charge < -0.3 is 14.0 Å².